The van der Waals surface area contributed by atoms with E-state index in [0.29, 0.717) is 26.9 Å². The number of rotatable bonds is 4. The number of hydrogen-bond acceptors (Lipinski definition) is 3. The van der Waals surface area contributed by atoms with Crippen LogP contribution in [0.5, 0.6) is 0 Å². The summed E-state index contributed by atoms with van der Waals surface area (Å²) in [7, 11) is 0. The number of nitrogens with zero attached hydrogens (tertiary/aromatic N) is 2. The Balaban J connectivity index is 0.00000108. The monoisotopic (exact) mass is 531 g/mol. The second-order valence-electron chi connectivity index (χ2n) is 6.65. The fourth-order valence-electron chi connectivity index (χ4n) is 3.10. The smallest absolute Gasteiger partial charge is 0.232 e. The van der Waals surface area contributed by atoms with Crippen LogP contribution < -0.4 is 5.32 Å². The van der Waals surface area contributed by atoms with Crippen molar-refractivity contribution in [1.29, 1.82) is 0 Å². The van der Waals surface area contributed by atoms with Gasteiger partial charge in [-0.15, -0.1) is 0 Å². The van der Waals surface area contributed by atoms with Gasteiger partial charge in [0.25, 0.3) is 0 Å². The Labute approximate surface area is 226 Å². The normalized spacial score (nSPS) is 12.8. The van der Waals surface area contributed by atoms with E-state index < -0.39 is 5.92 Å². The van der Waals surface area contributed by atoms with Gasteiger partial charge in [0.05, 0.1) is 22.3 Å². The predicted octanol–water partition coefficient (Wildman–Crippen LogP) is 9.15. The Morgan fingerprint density at radius 3 is 2.00 bits per heavy atom. The molecular formula is C29H39Cl2N3O2. The Morgan fingerprint density at radius 1 is 0.944 bits per heavy atom. The second kappa shape index (κ2) is 18.4. The number of anilines is 1. The SMILES string of the molecule is C/C=C\C.CC.CC.CC.O=C(CC1C(=O)Nc2c(Cl)ccc(Cl)c21)c1ccc(-n2cccn2)cc1. The maximum Gasteiger partial charge on any atom is 0.232 e. The molecule has 5 nitrogen and oxygen atoms in total. The van der Waals surface area contributed by atoms with Crippen LogP contribution >= 0.6 is 23.2 Å². The van der Waals surface area contributed by atoms with Crippen LogP contribution in [0.2, 0.25) is 10.0 Å². The van der Waals surface area contributed by atoms with E-state index >= 15 is 0 Å². The lowest BCUT2D eigenvalue weighted by Crippen LogP contribution is -2.16. The molecule has 1 unspecified atom stereocenters. The van der Waals surface area contributed by atoms with Crippen LogP contribution in [-0.4, -0.2) is 21.5 Å². The number of carbonyl (C=O) groups is 2. The molecule has 0 spiro atoms. The van der Waals surface area contributed by atoms with Gasteiger partial charge >= 0.3 is 0 Å². The lowest BCUT2D eigenvalue weighted by atomic mass is 9.92. The van der Waals surface area contributed by atoms with Gasteiger partial charge in [0.1, 0.15) is 0 Å². The molecule has 4 rings (SSSR count). The van der Waals surface area contributed by atoms with Crippen molar-refractivity contribution in [3.63, 3.8) is 0 Å². The number of fused-ring (bicyclic) bond motifs is 1. The second-order valence-corrected chi connectivity index (χ2v) is 7.47. The van der Waals surface area contributed by atoms with Crippen LogP contribution in [0.4, 0.5) is 5.69 Å². The van der Waals surface area contributed by atoms with Crippen molar-refractivity contribution in [2.24, 2.45) is 0 Å². The number of nitrogens with one attached hydrogen (secondary N) is 1. The minimum atomic E-state index is -0.644. The maximum absolute atomic E-state index is 12.7. The van der Waals surface area contributed by atoms with Crippen molar-refractivity contribution in [2.75, 3.05) is 5.32 Å². The van der Waals surface area contributed by atoms with Crippen molar-refractivity contribution < 1.29 is 9.59 Å². The molecule has 36 heavy (non-hydrogen) atoms. The summed E-state index contributed by atoms with van der Waals surface area (Å²) in [6.45, 7) is 16.0. The van der Waals surface area contributed by atoms with E-state index in [1.54, 1.807) is 35.1 Å². The highest BCUT2D eigenvalue weighted by Gasteiger charge is 2.35. The maximum atomic E-state index is 12.7. The predicted molar refractivity (Wildman–Crippen MR) is 155 cm³/mol. The Morgan fingerprint density at radius 2 is 1.50 bits per heavy atom. The molecule has 2 heterocycles. The van der Waals surface area contributed by atoms with Crippen molar-refractivity contribution in [2.45, 2.75) is 67.7 Å². The van der Waals surface area contributed by atoms with Crippen LogP contribution in [0, 0.1) is 0 Å². The van der Waals surface area contributed by atoms with E-state index in [1.165, 1.54) is 0 Å². The third-order valence-electron chi connectivity index (χ3n) is 4.74. The van der Waals surface area contributed by atoms with E-state index in [-0.39, 0.29) is 18.1 Å². The highest BCUT2D eigenvalue weighted by atomic mass is 35.5. The van der Waals surface area contributed by atoms with E-state index in [2.05, 4.69) is 10.4 Å². The topological polar surface area (TPSA) is 64.0 Å². The number of hydrogen-bond donors (Lipinski definition) is 1. The first kappa shape index (κ1) is 33.1. The summed E-state index contributed by atoms with van der Waals surface area (Å²) in [6, 6.07) is 12.2. The summed E-state index contributed by atoms with van der Waals surface area (Å²) in [5, 5.41) is 7.71. The van der Waals surface area contributed by atoms with E-state index in [9.17, 15) is 9.59 Å². The fourth-order valence-corrected chi connectivity index (χ4v) is 3.60. The number of carbonyl (C=O) groups excluding carboxylic acids is 2. The Hall–Kier alpha value is -2.89. The number of Topliss-reactive ketones (excluding diaryl/α,β-unsaturated/α-hetero) is 1. The molecule has 0 fully saturated rings. The van der Waals surface area contributed by atoms with Crippen LogP contribution in [0.3, 0.4) is 0 Å². The number of ketones is 1. The molecule has 0 saturated carbocycles. The largest absolute Gasteiger partial charge is 0.324 e. The van der Waals surface area contributed by atoms with Gasteiger partial charge in [0.2, 0.25) is 5.91 Å². The number of aromatic nitrogens is 2. The van der Waals surface area contributed by atoms with Gasteiger partial charge in [-0.3, -0.25) is 9.59 Å². The van der Waals surface area contributed by atoms with E-state index in [0.717, 1.165) is 5.69 Å². The van der Waals surface area contributed by atoms with E-state index in [1.807, 2.05) is 91.9 Å². The molecule has 1 aliphatic rings. The minimum absolute atomic E-state index is 0.0278. The Kier molecular flexibility index (Phi) is 16.9. The lowest BCUT2D eigenvalue weighted by Gasteiger charge is -2.10. The van der Waals surface area contributed by atoms with Gasteiger partial charge in [-0.25, -0.2) is 4.68 Å². The van der Waals surface area contributed by atoms with Crippen molar-refractivity contribution >= 4 is 40.6 Å². The summed E-state index contributed by atoms with van der Waals surface area (Å²) in [5.41, 5.74) is 2.47. The molecule has 0 bridgehead atoms. The first-order chi connectivity index (χ1) is 17.5. The standard InChI is InChI=1S/C19H13Cl2N3O2.C4H8.3C2H6/c20-14-6-7-15(21)18-17(14)13(19(26)23-18)10-16(25)11-2-4-12(5-3-11)24-9-1-8-22-24;1-3-4-2;3*1-2/h1-9,13H,10H2,(H,23,26);3-4H,1-2H3;3*1-2H3/b;4-3-;;;. The fraction of sp³-hybridized carbons (Fsp3) is 0.345. The third kappa shape index (κ3) is 8.96. The zero-order chi connectivity index (χ0) is 27.7. The number of amides is 1. The molecule has 0 radical (unpaired) electrons. The Bertz CT molecular complexity index is 1070. The van der Waals surface area contributed by atoms with Crippen molar-refractivity contribution in [1.82, 2.24) is 9.78 Å². The van der Waals surface area contributed by atoms with Crippen molar-refractivity contribution in [3.8, 4) is 5.69 Å². The molecule has 0 saturated heterocycles. The average Bonchev–Trinajstić information content (AvgIpc) is 3.59. The van der Waals surface area contributed by atoms with Gasteiger partial charge in [-0.2, -0.15) is 5.10 Å². The molecule has 3 aromatic rings. The van der Waals surface area contributed by atoms with Crippen LogP contribution in [0.25, 0.3) is 5.69 Å². The number of allylic oxidation sites excluding steroid dienone is 2. The summed E-state index contributed by atoms with van der Waals surface area (Å²) in [6.07, 6.45) is 7.53. The summed E-state index contributed by atoms with van der Waals surface area (Å²) >= 11 is 12.4. The molecule has 1 amide bonds. The molecule has 1 aromatic heterocycles. The molecule has 1 atom stereocenters. The van der Waals surface area contributed by atoms with Gasteiger partial charge < -0.3 is 5.32 Å². The molecule has 0 aliphatic carbocycles. The van der Waals surface area contributed by atoms with Crippen LogP contribution in [0.1, 0.15) is 83.7 Å². The zero-order valence-electron chi connectivity index (χ0n) is 22.6. The molecule has 1 aliphatic heterocycles. The third-order valence-corrected chi connectivity index (χ3v) is 5.38. The quantitative estimate of drug-likeness (QED) is 0.269. The van der Waals surface area contributed by atoms with Crippen LogP contribution in [-0.2, 0) is 4.79 Å². The van der Waals surface area contributed by atoms with Gasteiger partial charge in [-0.05, 0) is 56.3 Å². The summed E-state index contributed by atoms with van der Waals surface area (Å²) in [4.78, 5) is 25.0. The molecule has 1 N–H and O–H groups in total. The molecule has 7 heteroatoms. The summed E-state index contributed by atoms with van der Waals surface area (Å²) in [5.74, 6) is -1.05. The molecule has 2 aromatic carbocycles. The van der Waals surface area contributed by atoms with Gasteiger partial charge in [-0.1, -0.05) is 76.9 Å². The first-order valence-corrected chi connectivity index (χ1v) is 13.2. The molecular weight excluding hydrogens is 493 g/mol. The van der Waals surface area contributed by atoms with E-state index in [4.69, 9.17) is 23.2 Å². The average molecular weight is 533 g/mol. The lowest BCUT2D eigenvalue weighted by molar-refractivity contribution is -0.117. The first-order valence-electron chi connectivity index (χ1n) is 12.5. The number of halogens is 2. The van der Waals surface area contributed by atoms with Gasteiger partial charge in [0.15, 0.2) is 5.78 Å². The minimum Gasteiger partial charge on any atom is -0.324 e. The van der Waals surface area contributed by atoms with Crippen LogP contribution in [0.15, 0.2) is 67.0 Å². The number of benzene rings is 2. The van der Waals surface area contributed by atoms with Crippen molar-refractivity contribution in [3.05, 3.63) is 88.2 Å². The highest BCUT2D eigenvalue weighted by molar-refractivity contribution is 6.38. The highest BCUT2D eigenvalue weighted by Crippen LogP contribution is 2.43. The van der Waals surface area contributed by atoms with Gasteiger partial charge in [0, 0.05) is 35.0 Å². The zero-order valence-corrected chi connectivity index (χ0v) is 24.1. The molecule has 196 valence electrons. The summed E-state index contributed by atoms with van der Waals surface area (Å²) < 4.78 is 1.71.